The third kappa shape index (κ3) is 2.88. The lowest BCUT2D eigenvalue weighted by atomic mass is 9.93. The van der Waals surface area contributed by atoms with Gasteiger partial charge in [-0.1, -0.05) is 7.43 Å². The van der Waals surface area contributed by atoms with E-state index in [1.807, 2.05) is 23.3 Å². The number of nitrogens with zero attached hydrogens (tertiary/aromatic N) is 2. The van der Waals surface area contributed by atoms with Crippen LogP contribution in [0.15, 0.2) is 36.8 Å². The van der Waals surface area contributed by atoms with Gasteiger partial charge in [-0.25, -0.2) is 4.39 Å². The fourth-order valence-electron chi connectivity index (χ4n) is 3.34. The topological polar surface area (TPSA) is 53.8 Å². The Balaban J connectivity index is 0.00000156. The Kier molecular flexibility index (Phi) is 4.22. The van der Waals surface area contributed by atoms with Crippen molar-refractivity contribution in [3.8, 4) is 11.1 Å². The van der Waals surface area contributed by atoms with Crippen LogP contribution >= 0.6 is 0 Å². The summed E-state index contributed by atoms with van der Waals surface area (Å²) >= 11 is 0. The standard InChI is InChI=1S/C17H18FN3O.CH4/c18-12-1-6-15-16(9-19-17(15)7-12)11-8-20-21(10-11)13-2-4-14(22)5-3-13;/h1,6-10,13-14,19,22H,2-5H2;1H4. The molecule has 1 aliphatic rings. The molecule has 1 aromatic carbocycles. The average Bonchev–Trinajstić information content (AvgIpc) is 3.13. The van der Waals surface area contributed by atoms with Crippen molar-refractivity contribution >= 4 is 10.9 Å². The molecule has 0 unspecified atom stereocenters. The fourth-order valence-corrected chi connectivity index (χ4v) is 3.34. The van der Waals surface area contributed by atoms with Crippen molar-refractivity contribution < 1.29 is 9.50 Å². The molecule has 2 N–H and O–H groups in total. The molecule has 0 radical (unpaired) electrons. The van der Waals surface area contributed by atoms with E-state index < -0.39 is 0 Å². The minimum absolute atomic E-state index is 0. The maximum atomic E-state index is 13.3. The van der Waals surface area contributed by atoms with E-state index in [2.05, 4.69) is 10.1 Å². The van der Waals surface area contributed by atoms with Gasteiger partial charge in [0.15, 0.2) is 0 Å². The van der Waals surface area contributed by atoms with Gasteiger partial charge in [0, 0.05) is 34.4 Å². The number of halogens is 1. The molecule has 23 heavy (non-hydrogen) atoms. The first-order valence-corrected chi connectivity index (χ1v) is 7.70. The van der Waals surface area contributed by atoms with Crippen molar-refractivity contribution in [2.75, 3.05) is 0 Å². The predicted octanol–water partition coefficient (Wildman–Crippen LogP) is 4.28. The number of nitrogens with one attached hydrogen (secondary N) is 1. The first-order chi connectivity index (χ1) is 10.7. The summed E-state index contributed by atoms with van der Waals surface area (Å²) in [6, 6.07) is 5.14. The van der Waals surface area contributed by atoms with Crippen LogP contribution in [0.3, 0.4) is 0 Å². The van der Waals surface area contributed by atoms with Gasteiger partial charge in [0.2, 0.25) is 0 Å². The Morgan fingerprint density at radius 3 is 2.78 bits per heavy atom. The van der Waals surface area contributed by atoms with Crippen LogP contribution in [0.25, 0.3) is 22.0 Å². The van der Waals surface area contributed by atoms with E-state index in [9.17, 15) is 9.50 Å². The molecule has 0 saturated heterocycles. The van der Waals surface area contributed by atoms with Crippen molar-refractivity contribution in [1.82, 2.24) is 14.8 Å². The second-order valence-electron chi connectivity index (χ2n) is 6.06. The second kappa shape index (κ2) is 6.16. The molecule has 0 aliphatic heterocycles. The van der Waals surface area contributed by atoms with E-state index >= 15 is 0 Å². The number of hydrogen-bond donors (Lipinski definition) is 2. The summed E-state index contributed by atoms with van der Waals surface area (Å²) in [6.45, 7) is 0. The molecule has 1 aliphatic carbocycles. The molecular weight excluding hydrogens is 293 g/mol. The zero-order valence-electron chi connectivity index (χ0n) is 12.2. The smallest absolute Gasteiger partial charge is 0.125 e. The van der Waals surface area contributed by atoms with E-state index in [1.165, 1.54) is 12.1 Å². The largest absolute Gasteiger partial charge is 0.393 e. The minimum atomic E-state index is -0.239. The highest BCUT2D eigenvalue weighted by molar-refractivity contribution is 5.95. The maximum absolute atomic E-state index is 13.3. The SMILES string of the molecule is C.OC1CCC(n2cc(-c3c[nH]c4cc(F)ccc34)cn2)CC1. The zero-order valence-corrected chi connectivity index (χ0v) is 12.2. The van der Waals surface area contributed by atoms with Crippen LogP contribution in [-0.4, -0.2) is 26.0 Å². The molecule has 2 heterocycles. The Labute approximate surface area is 135 Å². The van der Waals surface area contributed by atoms with Crippen LogP contribution in [0.5, 0.6) is 0 Å². The normalized spacial score (nSPS) is 21.3. The van der Waals surface area contributed by atoms with Crippen molar-refractivity contribution in [2.24, 2.45) is 0 Å². The molecule has 122 valence electrons. The van der Waals surface area contributed by atoms with Gasteiger partial charge in [0.05, 0.1) is 18.3 Å². The zero-order chi connectivity index (χ0) is 15.1. The third-order valence-corrected chi connectivity index (χ3v) is 4.60. The third-order valence-electron chi connectivity index (χ3n) is 4.60. The maximum Gasteiger partial charge on any atom is 0.125 e. The quantitative estimate of drug-likeness (QED) is 0.741. The number of aliphatic hydroxyl groups excluding tert-OH is 1. The van der Waals surface area contributed by atoms with Crippen LogP contribution < -0.4 is 0 Å². The van der Waals surface area contributed by atoms with Gasteiger partial charge in [-0.15, -0.1) is 0 Å². The molecule has 0 amide bonds. The van der Waals surface area contributed by atoms with E-state index in [4.69, 9.17) is 0 Å². The van der Waals surface area contributed by atoms with Gasteiger partial charge in [0.25, 0.3) is 0 Å². The first-order valence-electron chi connectivity index (χ1n) is 7.70. The summed E-state index contributed by atoms with van der Waals surface area (Å²) in [5.41, 5.74) is 2.87. The molecule has 3 aromatic rings. The Morgan fingerprint density at radius 2 is 2.00 bits per heavy atom. The van der Waals surface area contributed by atoms with Crippen molar-refractivity contribution in [1.29, 1.82) is 0 Å². The molecule has 0 spiro atoms. The summed E-state index contributed by atoms with van der Waals surface area (Å²) in [4.78, 5) is 3.11. The fraction of sp³-hybridized carbons (Fsp3) is 0.389. The van der Waals surface area contributed by atoms with Crippen molar-refractivity contribution in [3.63, 3.8) is 0 Å². The average molecular weight is 315 g/mol. The molecule has 5 heteroatoms. The first kappa shape index (κ1) is 15.7. The van der Waals surface area contributed by atoms with Gasteiger partial charge in [-0.05, 0) is 43.9 Å². The number of benzene rings is 1. The minimum Gasteiger partial charge on any atom is -0.393 e. The Morgan fingerprint density at radius 1 is 1.22 bits per heavy atom. The lowest BCUT2D eigenvalue weighted by Crippen LogP contribution is -2.21. The van der Waals surface area contributed by atoms with Gasteiger partial charge >= 0.3 is 0 Å². The summed E-state index contributed by atoms with van der Waals surface area (Å²) in [5, 5.41) is 15.1. The highest BCUT2D eigenvalue weighted by atomic mass is 19.1. The molecule has 4 rings (SSSR count). The molecular formula is C18H22FN3O. The van der Waals surface area contributed by atoms with E-state index in [1.54, 1.807) is 6.07 Å². The highest BCUT2D eigenvalue weighted by Gasteiger charge is 2.21. The lowest BCUT2D eigenvalue weighted by molar-refractivity contribution is 0.108. The summed E-state index contributed by atoms with van der Waals surface area (Å²) in [7, 11) is 0. The van der Waals surface area contributed by atoms with Crippen LogP contribution in [0, 0.1) is 5.82 Å². The number of hydrogen-bond acceptors (Lipinski definition) is 2. The summed E-state index contributed by atoms with van der Waals surface area (Å²) < 4.78 is 15.3. The number of rotatable bonds is 2. The van der Waals surface area contributed by atoms with Crippen LogP contribution in [0.2, 0.25) is 0 Å². The van der Waals surface area contributed by atoms with Crippen molar-refractivity contribution in [3.05, 3.63) is 42.6 Å². The molecule has 4 nitrogen and oxygen atoms in total. The Bertz CT molecular complexity index is 800. The molecule has 2 aromatic heterocycles. The van der Waals surface area contributed by atoms with Gasteiger partial charge in [-0.2, -0.15) is 5.10 Å². The van der Waals surface area contributed by atoms with Crippen LogP contribution in [-0.2, 0) is 0 Å². The Hall–Kier alpha value is -2.14. The highest BCUT2D eigenvalue weighted by Crippen LogP contribution is 2.32. The second-order valence-corrected chi connectivity index (χ2v) is 6.06. The molecule has 0 atom stereocenters. The summed E-state index contributed by atoms with van der Waals surface area (Å²) in [5.74, 6) is -0.239. The number of H-pyrrole nitrogens is 1. The van der Waals surface area contributed by atoms with Crippen LogP contribution in [0.4, 0.5) is 4.39 Å². The van der Waals surface area contributed by atoms with E-state index in [0.717, 1.165) is 47.7 Å². The van der Waals surface area contributed by atoms with Crippen LogP contribution in [0.1, 0.15) is 39.2 Å². The monoisotopic (exact) mass is 315 g/mol. The van der Waals surface area contributed by atoms with E-state index in [0.29, 0.717) is 6.04 Å². The number of aliphatic hydroxyl groups is 1. The molecule has 1 fully saturated rings. The summed E-state index contributed by atoms with van der Waals surface area (Å²) in [6.07, 6.45) is 9.25. The lowest BCUT2D eigenvalue weighted by Gasteiger charge is -2.25. The number of aromatic amines is 1. The molecule has 1 saturated carbocycles. The van der Waals surface area contributed by atoms with E-state index in [-0.39, 0.29) is 19.3 Å². The van der Waals surface area contributed by atoms with Gasteiger partial charge in [-0.3, -0.25) is 4.68 Å². The van der Waals surface area contributed by atoms with Gasteiger partial charge in [0.1, 0.15) is 5.82 Å². The molecule has 0 bridgehead atoms. The number of aromatic nitrogens is 3. The van der Waals surface area contributed by atoms with Crippen molar-refractivity contribution in [2.45, 2.75) is 45.3 Å². The predicted molar refractivity (Wildman–Crippen MR) is 89.7 cm³/mol. The van der Waals surface area contributed by atoms with Gasteiger partial charge < -0.3 is 10.1 Å². The number of fused-ring (bicyclic) bond motifs is 1.